The minimum Gasteiger partial charge on any atom is -0.325 e. The summed E-state index contributed by atoms with van der Waals surface area (Å²) in [6.07, 6.45) is 30.0. The Kier molecular flexibility index (Phi) is 12.2. The molecule has 1 aliphatic heterocycles. The fourth-order valence-electron chi connectivity index (χ4n) is 10.7. The smallest absolute Gasteiger partial charge is 0.117 e. The van der Waals surface area contributed by atoms with Gasteiger partial charge < -0.3 is 9.80 Å². The van der Waals surface area contributed by atoms with Gasteiger partial charge in [0.1, 0.15) is 5.82 Å². The van der Waals surface area contributed by atoms with Crippen molar-refractivity contribution in [3.8, 4) is 0 Å². The van der Waals surface area contributed by atoms with Gasteiger partial charge in [-0.2, -0.15) is 0 Å². The third-order valence-electron chi connectivity index (χ3n) is 12.6. The lowest BCUT2D eigenvalue weighted by Crippen LogP contribution is -2.38. The molecule has 0 N–H and O–H groups in total. The van der Waals surface area contributed by atoms with Gasteiger partial charge in [0.25, 0.3) is 0 Å². The van der Waals surface area contributed by atoms with E-state index >= 15 is 0 Å². The number of anilines is 2. The number of aryl methyl sites for hydroxylation is 6. The summed E-state index contributed by atoms with van der Waals surface area (Å²) in [5.41, 5.74) is 17.7. The molecule has 0 bridgehead atoms. The number of nitrogens with zero attached hydrogens (tertiary/aromatic N) is 2. The fourth-order valence-corrected chi connectivity index (χ4v) is 20.5. The highest BCUT2D eigenvalue weighted by Crippen LogP contribution is 2.72. The van der Waals surface area contributed by atoms with Crippen molar-refractivity contribution in [1.82, 2.24) is 0 Å². The molecule has 0 radical (unpaired) electrons. The quantitative estimate of drug-likeness (QED) is 0.162. The molecule has 5 heteroatoms. The Morgan fingerprint density at radius 2 is 1.18 bits per heavy atom. The van der Waals surface area contributed by atoms with Crippen LogP contribution in [0.5, 0.6) is 0 Å². The molecule has 3 saturated carbocycles. The van der Waals surface area contributed by atoms with E-state index < -0.39 is 0 Å². The molecule has 2 aromatic rings. The molecule has 5 aliphatic rings. The first-order valence-corrected chi connectivity index (χ1v) is 24.0. The fraction of sp³-hybridized carbons (Fsp3) is 0.565. The van der Waals surface area contributed by atoms with E-state index in [9.17, 15) is 0 Å². The van der Waals surface area contributed by atoms with Crippen LogP contribution >= 0.6 is 53.1 Å². The third-order valence-corrected chi connectivity index (χ3v) is 20.6. The summed E-state index contributed by atoms with van der Waals surface area (Å²) in [5.74, 6) is 1.39. The number of hydrogen-bond acceptors (Lipinski definition) is 2. The number of rotatable bonds is 6. The SMILES string of the molecule is Cc1cc(C)c(N2CCN(c3c(C)cc(C)cc3C)C2=C2C=CC=C(C=C3C(I)CCCC3(I)P(C3CCCCC3)C3CCCCC3)C2)c(C)c1. The molecule has 2 nitrogen and oxygen atoms in total. The van der Waals surface area contributed by atoms with Crippen LogP contribution in [0.3, 0.4) is 0 Å². The Morgan fingerprint density at radius 3 is 1.67 bits per heavy atom. The maximum atomic E-state index is 3.10. The van der Waals surface area contributed by atoms with Crippen molar-refractivity contribution in [2.45, 2.75) is 150 Å². The van der Waals surface area contributed by atoms with Crippen LogP contribution in [0.1, 0.15) is 123 Å². The highest BCUT2D eigenvalue weighted by atomic mass is 127. The number of halogens is 2. The number of allylic oxidation sites excluding steroid dienone is 7. The molecule has 51 heavy (non-hydrogen) atoms. The van der Waals surface area contributed by atoms with Crippen molar-refractivity contribution < 1.29 is 0 Å². The van der Waals surface area contributed by atoms with Crippen LogP contribution in [-0.2, 0) is 0 Å². The lowest BCUT2D eigenvalue weighted by Gasteiger charge is -2.52. The molecule has 0 aromatic heterocycles. The van der Waals surface area contributed by atoms with Gasteiger partial charge in [-0.3, -0.25) is 0 Å². The van der Waals surface area contributed by atoms with Gasteiger partial charge in [-0.1, -0.05) is 158 Å². The van der Waals surface area contributed by atoms with Crippen molar-refractivity contribution in [3.05, 3.63) is 104 Å². The van der Waals surface area contributed by atoms with E-state index in [0.717, 1.165) is 30.8 Å². The van der Waals surface area contributed by atoms with E-state index in [0.29, 0.717) is 7.09 Å². The molecule has 4 fully saturated rings. The van der Waals surface area contributed by atoms with Crippen LogP contribution in [0.25, 0.3) is 0 Å². The predicted octanol–water partition coefficient (Wildman–Crippen LogP) is 14.2. The first-order chi connectivity index (χ1) is 24.5. The highest BCUT2D eigenvalue weighted by Gasteiger charge is 2.50. The molecule has 1 saturated heterocycles. The first kappa shape index (κ1) is 38.2. The van der Waals surface area contributed by atoms with Gasteiger partial charge in [0, 0.05) is 34.8 Å². The average Bonchev–Trinajstić information content (AvgIpc) is 3.50. The number of benzene rings is 2. The van der Waals surface area contributed by atoms with Gasteiger partial charge in [-0.25, -0.2) is 0 Å². The molecule has 0 amide bonds. The van der Waals surface area contributed by atoms with Crippen LogP contribution in [0.15, 0.2) is 71.1 Å². The van der Waals surface area contributed by atoms with Crippen molar-refractivity contribution in [2.75, 3.05) is 22.9 Å². The molecule has 274 valence electrons. The topological polar surface area (TPSA) is 6.48 Å². The zero-order valence-corrected chi connectivity index (χ0v) is 37.5. The molecular formula is C46H61I2N2P. The van der Waals surface area contributed by atoms with Gasteiger partial charge >= 0.3 is 0 Å². The maximum absolute atomic E-state index is 3.10. The molecule has 1 heterocycles. The normalized spacial score (nSPS) is 26.2. The molecule has 2 unspecified atom stereocenters. The maximum Gasteiger partial charge on any atom is 0.117 e. The second-order valence-electron chi connectivity index (χ2n) is 16.6. The van der Waals surface area contributed by atoms with Gasteiger partial charge in [-0.15, -0.1) is 0 Å². The minimum atomic E-state index is -0.0650. The minimum absolute atomic E-state index is 0.0650. The van der Waals surface area contributed by atoms with E-state index in [1.54, 1.807) is 5.57 Å². The van der Waals surface area contributed by atoms with E-state index in [2.05, 4.69) is 145 Å². The summed E-state index contributed by atoms with van der Waals surface area (Å²) in [5, 5.41) is 0. The molecule has 7 rings (SSSR count). The number of hydrogen-bond donors (Lipinski definition) is 0. The van der Waals surface area contributed by atoms with Crippen LogP contribution in [-0.4, -0.2) is 31.5 Å². The van der Waals surface area contributed by atoms with E-state index in [1.165, 1.54) is 145 Å². The summed E-state index contributed by atoms with van der Waals surface area (Å²) >= 11 is 5.96. The Hall–Kier alpha value is -1.11. The van der Waals surface area contributed by atoms with E-state index in [-0.39, 0.29) is 7.92 Å². The Morgan fingerprint density at radius 1 is 0.686 bits per heavy atom. The lowest BCUT2D eigenvalue weighted by atomic mass is 9.89. The van der Waals surface area contributed by atoms with Crippen LogP contribution in [0.2, 0.25) is 0 Å². The summed E-state index contributed by atoms with van der Waals surface area (Å²) in [6, 6.07) is 9.51. The summed E-state index contributed by atoms with van der Waals surface area (Å²) in [4.78, 5) is 5.35. The summed E-state index contributed by atoms with van der Waals surface area (Å²) in [7, 11) is -0.0650. The van der Waals surface area contributed by atoms with Crippen molar-refractivity contribution in [1.29, 1.82) is 0 Å². The van der Waals surface area contributed by atoms with Gasteiger partial charge in [0.2, 0.25) is 0 Å². The molecule has 2 atom stereocenters. The second-order valence-corrected chi connectivity index (χ2v) is 23.9. The predicted molar refractivity (Wildman–Crippen MR) is 242 cm³/mol. The van der Waals surface area contributed by atoms with E-state index in [1.807, 2.05) is 0 Å². The van der Waals surface area contributed by atoms with Crippen LogP contribution < -0.4 is 9.80 Å². The Balaban J connectivity index is 1.31. The largest absolute Gasteiger partial charge is 0.325 e. The lowest BCUT2D eigenvalue weighted by molar-refractivity contribution is 0.476. The zero-order chi connectivity index (χ0) is 35.9. The number of alkyl halides is 2. The first-order valence-electron chi connectivity index (χ1n) is 20.2. The summed E-state index contributed by atoms with van der Waals surface area (Å²) in [6.45, 7) is 15.7. The molecule has 0 spiro atoms. The second kappa shape index (κ2) is 16.3. The van der Waals surface area contributed by atoms with Gasteiger partial charge in [0.05, 0.1) is 3.16 Å². The monoisotopic (exact) mass is 926 g/mol. The van der Waals surface area contributed by atoms with Crippen LogP contribution in [0, 0.1) is 41.5 Å². The summed E-state index contributed by atoms with van der Waals surface area (Å²) < 4.78 is 0.984. The standard InChI is InChI=1S/C46H61I2N2P/c1-31-25-33(3)43(34(4)26-31)49-23-24-50(44-35(5)27-32(2)28-36(44)6)45(49)38-16-13-15-37(29-38)30-41-42(47)21-14-22-46(41,48)51(39-17-9-7-10-18-39)40-19-11-8-12-20-40/h13,15-16,25-28,30,39-40,42H,7-12,14,17-24,29H2,1-6H3. The van der Waals surface area contributed by atoms with Crippen molar-refractivity contribution in [2.24, 2.45) is 0 Å². The highest BCUT2D eigenvalue weighted by molar-refractivity contribution is 14.1. The van der Waals surface area contributed by atoms with Crippen molar-refractivity contribution in [3.63, 3.8) is 0 Å². The average molecular weight is 927 g/mol. The Labute approximate surface area is 339 Å². The Bertz CT molecular complexity index is 1610. The van der Waals surface area contributed by atoms with Crippen LogP contribution in [0.4, 0.5) is 11.4 Å². The third kappa shape index (κ3) is 7.87. The van der Waals surface area contributed by atoms with Gasteiger partial charge in [0.15, 0.2) is 0 Å². The van der Waals surface area contributed by atoms with Crippen molar-refractivity contribution >= 4 is 64.5 Å². The molecule has 4 aliphatic carbocycles. The van der Waals surface area contributed by atoms with E-state index in [4.69, 9.17) is 0 Å². The zero-order valence-electron chi connectivity index (χ0n) is 32.3. The molecule has 2 aromatic carbocycles. The molecular weight excluding hydrogens is 865 g/mol. The van der Waals surface area contributed by atoms with Gasteiger partial charge in [-0.05, 0) is 130 Å².